The lowest BCUT2D eigenvalue weighted by Crippen LogP contribution is -2.45. The maximum atomic E-state index is 12.4. The molecule has 1 amide bonds. The zero-order valence-corrected chi connectivity index (χ0v) is 10.5. The van der Waals surface area contributed by atoms with Gasteiger partial charge in [0.05, 0.1) is 0 Å². The number of carbonyl (C=O) groups is 2. The maximum Gasteiger partial charge on any atom is 0.323 e. The molecule has 1 aromatic rings. The van der Waals surface area contributed by atoms with Crippen molar-refractivity contribution in [1.82, 2.24) is 4.90 Å². The number of para-hydroxylation sites is 1. The minimum atomic E-state index is -0.948. The second kappa shape index (κ2) is 4.57. The average molecular weight is 260 g/mol. The molecule has 0 saturated heterocycles. The molecule has 2 aliphatic rings. The van der Waals surface area contributed by atoms with Gasteiger partial charge in [0.25, 0.3) is 0 Å². The second-order valence-corrected chi connectivity index (χ2v) is 5.15. The molecule has 5 nitrogen and oxygen atoms in total. The van der Waals surface area contributed by atoms with Crippen LogP contribution >= 0.6 is 0 Å². The van der Waals surface area contributed by atoms with Gasteiger partial charge in [-0.3, -0.25) is 9.59 Å². The molecule has 0 radical (unpaired) electrons. The van der Waals surface area contributed by atoms with Crippen LogP contribution in [-0.2, 0) is 16.0 Å². The molecule has 5 heteroatoms. The van der Waals surface area contributed by atoms with E-state index < -0.39 is 5.97 Å². The number of aliphatic carboxylic acids is 1. The van der Waals surface area contributed by atoms with E-state index >= 15 is 0 Å². The summed E-state index contributed by atoms with van der Waals surface area (Å²) in [4.78, 5) is 24.8. The third-order valence-corrected chi connectivity index (χ3v) is 3.65. The molecule has 1 heterocycles. The molecule has 0 bridgehead atoms. The second-order valence-electron chi connectivity index (χ2n) is 5.15. The Morgan fingerprint density at radius 3 is 2.68 bits per heavy atom. The van der Waals surface area contributed by atoms with Crippen molar-refractivity contribution in [3.63, 3.8) is 0 Å². The average Bonchev–Trinajstić information content (AvgIpc) is 3.13. The van der Waals surface area contributed by atoms with Crippen LogP contribution in [0, 0.1) is 0 Å². The summed E-state index contributed by atoms with van der Waals surface area (Å²) in [6, 6.07) is 7.61. The van der Waals surface area contributed by atoms with E-state index in [0.29, 0.717) is 6.42 Å². The first-order valence-corrected chi connectivity index (χ1v) is 6.52. The zero-order chi connectivity index (χ0) is 13.4. The van der Waals surface area contributed by atoms with Gasteiger partial charge in [-0.05, 0) is 24.5 Å². The van der Waals surface area contributed by atoms with Crippen molar-refractivity contribution in [2.45, 2.75) is 31.3 Å². The largest absolute Gasteiger partial charge is 0.480 e. The highest BCUT2D eigenvalue weighted by Crippen LogP contribution is 2.30. The van der Waals surface area contributed by atoms with E-state index in [1.807, 2.05) is 24.3 Å². The van der Waals surface area contributed by atoms with Gasteiger partial charge >= 0.3 is 5.97 Å². The molecule has 1 aliphatic heterocycles. The van der Waals surface area contributed by atoms with E-state index in [0.717, 1.165) is 24.1 Å². The maximum absolute atomic E-state index is 12.4. The molecule has 100 valence electrons. The summed E-state index contributed by atoms with van der Waals surface area (Å²) in [5.41, 5.74) is 2.10. The fourth-order valence-electron chi connectivity index (χ4n) is 2.57. The summed E-state index contributed by atoms with van der Waals surface area (Å²) < 4.78 is 0. The summed E-state index contributed by atoms with van der Waals surface area (Å²) in [5, 5.41) is 12.1. The van der Waals surface area contributed by atoms with Crippen LogP contribution in [0.2, 0.25) is 0 Å². The Hall–Kier alpha value is -2.04. The Labute approximate surface area is 111 Å². The van der Waals surface area contributed by atoms with Gasteiger partial charge in [-0.15, -0.1) is 0 Å². The van der Waals surface area contributed by atoms with Crippen LogP contribution in [0.1, 0.15) is 18.4 Å². The van der Waals surface area contributed by atoms with Crippen molar-refractivity contribution in [2.24, 2.45) is 0 Å². The van der Waals surface area contributed by atoms with Gasteiger partial charge in [-0.25, -0.2) is 0 Å². The minimum Gasteiger partial charge on any atom is -0.480 e. The number of anilines is 1. The highest BCUT2D eigenvalue weighted by molar-refractivity contribution is 5.90. The van der Waals surface area contributed by atoms with Crippen LogP contribution in [0.25, 0.3) is 0 Å². The van der Waals surface area contributed by atoms with Gasteiger partial charge in [0, 0.05) is 18.2 Å². The number of amides is 1. The number of nitrogens with one attached hydrogen (secondary N) is 1. The van der Waals surface area contributed by atoms with E-state index in [1.54, 1.807) is 0 Å². The first-order valence-electron chi connectivity index (χ1n) is 6.52. The molecule has 19 heavy (non-hydrogen) atoms. The normalized spacial score (nSPS) is 20.5. The molecule has 0 aromatic heterocycles. The Bertz CT molecular complexity index is 500. The number of carbonyl (C=O) groups excluding carboxylic acids is 1. The van der Waals surface area contributed by atoms with E-state index in [4.69, 9.17) is 5.11 Å². The minimum absolute atomic E-state index is 0.0962. The van der Waals surface area contributed by atoms with Crippen LogP contribution < -0.4 is 5.32 Å². The van der Waals surface area contributed by atoms with E-state index in [1.165, 1.54) is 4.90 Å². The predicted octanol–water partition coefficient (Wildman–Crippen LogP) is 1.10. The highest BCUT2D eigenvalue weighted by Gasteiger charge is 2.38. The first-order chi connectivity index (χ1) is 9.15. The molecule has 1 aliphatic carbocycles. The molecule has 2 N–H and O–H groups in total. The SMILES string of the molecule is O=C(O)CN(C(=O)C1Cc2ccccc2N1)C1CC1. The number of hydrogen-bond acceptors (Lipinski definition) is 3. The topological polar surface area (TPSA) is 69.6 Å². The van der Waals surface area contributed by atoms with Crippen LogP contribution in [0.3, 0.4) is 0 Å². The summed E-state index contributed by atoms with van der Waals surface area (Å²) in [5.74, 6) is -1.04. The Balaban J connectivity index is 1.72. The summed E-state index contributed by atoms with van der Waals surface area (Å²) in [6.07, 6.45) is 2.47. The first kappa shape index (κ1) is 12.0. The Kier molecular flexibility index (Phi) is 2.89. The molecule has 1 aromatic carbocycles. The van der Waals surface area contributed by atoms with Gasteiger partial charge in [0.15, 0.2) is 0 Å². The molecular weight excluding hydrogens is 244 g/mol. The third kappa shape index (κ3) is 2.41. The quantitative estimate of drug-likeness (QED) is 0.850. The molecule has 1 atom stereocenters. The van der Waals surface area contributed by atoms with Gasteiger partial charge in [-0.1, -0.05) is 18.2 Å². The number of nitrogens with zero attached hydrogens (tertiary/aromatic N) is 1. The number of benzene rings is 1. The van der Waals surface area contributed by atoms with Crippen LogP contribution in [0.5, 0.6) is 0 Å². The molecule has 3 rings (SSSR count). The number of carboxylic acid groups (broad SMARTS) is 1. The van der Waals surface area contributed by atoms with Gasteiger partial charge in [0.2, 0.25) is 5.91 Å². The number of rotatable bonds is 4. The lowest BCUT2D eigenvalue weighted by Gasteiger charge is -2.24. The third-order valence-electron chi connectivity index (χ3n) is 3.65. The standard InChI is InChI=1S/C14H16N2O3/c17-13(18)8-16(10-5-6-10)14(19)12-7-9-3-1-2-4-11(9)15-12/h1-4,10,12,15H,5-8H2,(H,17,18). The van der Waals surface area contributed by atoms with Crippen molar-refractivity contribution >= 4 is 17.6 Å². The lowest BCUT2D eigenvalue weighted by molar-refractivity contribution is -0.145. The monoisotopic (exact) mass is 260 g/mol. The van der Waals surface area contributed by atoms with Crippen molar-refractivity contribution in [1.29, 1.82) is 0 Å². The van der Waals surface area contributed by atoms with Crippen LogP contribution in [0.15, 0.2) is 24.3 Å². The van der Waals surface area contributed by atoms with Gasteiger partial charge in [0.1, 0.15) is 12.6 Å². The molecule has 0 spiro atoms. The zero-order valence-electron chi connectivity index (χ0n) is 10.5. The fourth-order valence-corrected chi connectivity index (χ4v) is 2.57. The molecular formula is C14H16N2O3. The lowest BCUT2D eigenvalue weighted by atomic mass is 10.1. The van der Waals surface area contributed by atoms with E-state index in [9.17, 15) is 9.59 Å². The van der Waals surface area contributed by atoms with Crippen molar-refractivity contribution < 1.29 is 14.7 Å². The number of carboxylic acids is 1. The molecule has 1 unspecified atom stereocenters. The Morgan fingerprint density at radius 1 is 1.32 bits per heavy atom. The Morgan fingerprint density at radius 2 is 2.05 bits per heavy atom. The summed E-state index contributed by atoms with van der Waals surface area (Å²) >= 11 is 0. The number of fused-ring (bicyclic) bond motifs is 1. The summed E-state index contributed by atoms with van der Waals surface area (Å²) in [7, 11) is 0. The van der Waals surface area contributed by atoms with Gasteiger partial charge in [-0.2, -0.15) is 0 Å². The van der Waals surface area contributed by atoms with E-state index in [2.05, 4.69) is 5.32 Å². The number of hydrogen-bond donors (Lipinski definition) is 2. The summed E-state index contributed by atoms with van der Waals surface area (Å²) in [6.45, 7) is -0.196. The smallest absolute Gasteiger partial charge is 0.323 e. The van der Waals surface area contributed by atoms with E-state index in [-0.39, 0.29) is 24.5 Å². The molecule has 1 saturated carbocycles. The van der Waals surface area contributed by atoms with Crippen molar-refractivity contribution in [3.8, 4) is 0 Å². The van der Waals surface area contributed by atoms with Gasteiger partial charge < -0.3 is 15.3 Å². The molecule has 1 fully saturated rings. The predicted molar refractivity (Wildman–Crippen MR) is 69.9 cm³/mol. The van der Waals surface area contributed by atoms with Crippen molar-refractivity contribution in [2.75, 3.05) is 11.9 Å². The highest BCUT2D eigenvalue weighted by atomic mass is 16.4. The van der Waals surface area contributed by atoms with Crippen LogP contribution in [-0.4, -0.2) is 40.5 Å². The fraction of sp³-hybridized carbons (Fsp3) is 0.429. The van der Waals surface area contributed by atoms with Crippen molar-refractivity contribution in [3.05, 3.63) is 29.8 Å². The van der Waals surface area contributed by atoms with Crippen LogP contribution in [0.4, 0.5) is 5.69 Å².